The van der Waals surface area contributed by atoms with Crippen LogP contribution in [0.3, 0.4) is 0 Å². The Hall–Kier alpha value is -3.03. The van der Waals surface area contributed by atoms with E-state index in [2.05, 4.69) is 51.5 Å². The molecule has 3 aromatic carbocycles. The van der Waals surface area contributed by atoms with Gasteiger partial charge < -0.3 is 15.2 Å². The van der Waals surface area contributed by atoms with Crippen LogP contribution in [0.1, 0.15) is 16.7 Å². The van der Waals surface area contributed by atoms with Gasteiger partial charge in [-0.2, -0.15) is 0 Å². The van der Waals surface area contributed by atoms with Crippen LogP contribution in [0.5, 0.6) is 0 Å². The molecule has 0 aliphatic carbocycles. The number of benzene rings is 3. The van der Waals surface area contributed by atoms with E-state index in [1.165, 1.54) is 0 Å². The van der Waals surface area contributed by atoms with Crippen LogP contribution in [-0.4, -0.2) is 72.4 Å². The molecule has 0 aromatic heterocycles. The number of hydrogen-bond acceptors (Lipinski definition) is 5. The zero-order valence-corrected chi connectivity index (χ0v) is 20.8. The highest BCUT2D eigenvalue weighted by molar-refractivity contribution is 5.81. The zero-order valence-electron chi connectivity index (χ0n) is 20.8. The minimum absolute atomic E-state index is 0.324. The highest BCUT2D eigenvalue weighted by Crippen LogP contribution is 2.20. The summed E-state index contributed by atoms with van der Waals surface area (Å²) in [6.45, 7) is 5.71. The summed E-state index contributed by atoms with van der Waals surface area (Å²) in [4.78, 5) is 17.7. The van der Waals surface area contributed by atoms with Crippen LogP contribution < -0.4 is 5.32 Å². The van der Waals surface area contributed by atoms with Gasteiger partial charge in [0.1, 0.15) is 6.10 Å². The molecule has 0 saturated carbocycles. The van der Waals surface area contributed by atoms with Crippen LogP contribution in [0.2, 0.25) is 0 Å². The van der Waals surface area contributed by atoms with Crippen molar-refractivity contribution in [3.63, 3.8) is 0 Å². The van der Waals surface area contributed by atoms with Gasteiger partial charge in [-0.25, -0.2) is 0 Å². The molecule has 1 amide bonds. The summed E-state index contributed by atoms with van der Waals surface area (Å²) in [5, 5.41) is 14.4. The van der Waals surface area contributed by atoms with Crippen LogP contribution in [0.15, 0.2) is 91.0 Å². The molecule has 1 heterocycles. The molecule has 1 fully saturated rings. The molecule has 6 nitrogen and oxygen atoms in total. The van der Waals surface area contributed by atoms with Crippen molar-refractivity contribution in [1.82, 2.24) is 15.1 Å². The van der Waals surface area contributed by atoms with E-state index >= 15 is 0 Å². The minimum Gasteiger partial charge on any atom is -0.382 e. The number of carbonyl (C=O) groups excluding carboxylic acids is 1. The lowest BCUT2D eigenvalue weighted by molar-refractivity contribution is -0.133. The van der Waals surface area contributed by atoms with Gasteiger partial charge in [-0.15, -0.1) is 0 Å². The van der Waals surface area contributed by atoms with Gasteiger partial charge in [0.25, 0.3) is 5.91 Å². The third kappa shape index (κ3) is 8.00. The van der Waals surface area contributed by atoms with E-state index in [9.17, 15) is 9.90 Å². The van der Waals surface area contributed by atoms with Gasteiger partial charge in [-0.3, -0.25) is 14.6 Å². The highest BCUT2D eigenvalue weighted by Gasteiger charge is 2.32. The third-order valence-corrected chi connectivity index (χ3v) is 6.68. The van der Waals surface area contributed by atoms with Crippen molar-refractivity contribution in [2.75, 3.05) is 39.4 Å². The van der Waals surface area contributed by atoms with Crippen LogP contribution in [-0.2, 0) is 29.0 Å². The maximum atomic E-state index is 13.2. The summed E-state index contributed by atoms with van der Waals surface area (Å²) in [6.07, 6.45) is -0.597. The second-order valence-electron chi connectivity index (χ2n) is 9.32. The van der Waals surface area contributed by atoms with Crippen molar-refractivity contribution in [3.05, 3.63) is 108 Å². The van der Waals surface area contributed by atoms with E-state index in [0.29, 0.717) is 26.1 Å². The Balaban J connectivity index is 1.52. The summed E-state index contributed by atoms with van der Waals surface area (Å²) in [6, 6.07) is 30.2. The molecule has 1 aliphatic rings. The molecule has 4 rings (SSSR count). The van der Waals surface area contributed by atoms with Gasteiger partial charge >= 0.3 is 0 Å². The number of aliphatic hydroxyl groups is 1. The number of nitrogens with one attached hydrogen (secondary N) is 1. The molecule has 0 spiro atoms. The molecule has 1 aliphatic heterocycles. The van der Waals surface area contributed by atoms with Gasteiger partial charge in [0.05, 0.1) is 13.2 Å². The van der Waals surface area contributed by atoms with Crippen molar-refractivity contribution >= 4 is 5.91 Å². The Bertz CT molecular complexity index is 986. The second-order valence-corrected chi connectivity index (χ2v) is 9.32. The zero-order chi connectivity index (χ0) is 25.0. The highest BCUT2D eigenvalue weighted by atomic mass is 16.5. The Labute approximate surface area is 214 Å². The van der Waals surface area contributed by atoms with Crippen LogP contribution in [0, 0.1) is 0 Å². The normalized spacial score (nSPS) is 15.9. The number of amides is 1. The molecular weight excluding hydrogens is 450 g/mol. The smallest absolute Gasteiger partial charge is 0.250 e. The number of nitrogens with zero attached hydrogens (tertiary/aromatic N) is 2. The maximum Gasteiger partial charge on any atom is 0.250 e. The SMILES string of the molecule is O=C(NCCN1CCOCC1)[C@H](O)[C@H](Cc1ccccc1)N(Cc1ccccc1)Cc1ccccc1. The summed E-state index contributed by atoms with van der Waals surface area (Å²) >= 11 is 0. The van der Waals surface area contributed by atoms with E-state index in [1.807, 2.05) is 54.6 Å². The predicted octanol–water partition coefficient (Wildman–Crippen LogP) is 3.11. The average Bonchev–Trinajstić information content (AvgIpc) is 2.93. The Morgan fingerprint density at radius 3 is 1.86 bits per heavy atom. The van der Waals surface area contributed by atoms with Crippen molar-refractivity contribution in [1.29, 1.82) is 0 Å². The fourth-order valence-electron chi connectivity index (χ4n) is 4.66. The molecule has 2 atom stereocenters. The lowest BCUT2D eigenvalue weighted by Gasteiger charge is -2.35. The lowest BCUT2D eigenvalue weighted by Crippen LogP contribution is -2.52. The van der Waals surface area contributed by atoms with E-state index in [-0.39, 0.29) is 5.91 Å². The molecule has 0 radical (unpaired) electrons. The Morgan fingerprint density at radius 1 is 0.833 bits per heavy atom. The first-order valence-electron chi connectivity index (χ1n) is 12.8. The van der Waals surface area contributed by atoms with E-state index in [4.69, 9.17) is 4.74 Å². The lowest BCUT2D eigenvalue weighted by atomic mass is 9.97. The molecule has 36 heavy (non-hydrogen) atoms. The molecule has 0 unspecified atom stereocenters. The summed E-state index contributed by atoms with van der Waals surface area (Å²) in [5.74, 6) is -0.324. The first-order chi connectivity index (χ1) is 17.7. The van der Waals surface area contributed by atoms with E-state index in [1.54, 1.807) is 0 Å². The topological polar surface area (TPSA) is 65.0 Å². The molecule has 6 heteroatoms. The minimum atomic E-state index is -1.16. The van der Waals surface area contributed by atoms with Crippen LogP contribution in [0.4, 0.5) is 0 Å². The average molecular weight is 488 g/mol. The number of morpholine rings is 1. The van der Waals surface area contributed by atoms with Crippen molar-refractivity contribution in [2.24, 2.45) is 0 Å². The van der Waals surface area contributed by atoms with Crippen molar-refractivity contribution in [2.45, 2.75) is 31.7 Å². The molecule has 0 bridgehead atoms. The van der Waals surface area contributed by atoms with Gasteiger partial charge in [-0.1, -0.05) is 91.0 Å². The van der Waals surface area contributed by atoms with Gasteiger partial charge in [0.15, 0.2) is 0 Å². The molecule has 1 saturated heterocycles. The standard InChI is InChI=1S/C30H37N3O3/c34-29(30(35)31-16-17-32-18-20-36-21-19-32)28(22-25-10-4-1-5-11-25)33(23-26-12-6-2-7-13-26)24-27-14-8-3-9-15-27/h1-15,28-29,34H,16-24H2,(H,31,35)/t28-,29+/m0/s1. The largest absolute Gasteiger partial charge is 0.382 e. The Kier molecular flexibility index (Phi) is 10.1. The van der Waals surface area contributed by atoms with Crippen molar-refractivity contribution < 1.29 is 14.6 Å². The maximum absolute atomic E-state index is 13.2. The van der Waals surface area contributed by atoms with E-state index in [0.717, 1.165) is 49.5 Å². The summed E-state index contributed by atoms with van der Waals surface area (Å²) in [7, 11) is 0. The van der Waals surface area contributed by atoms with Crippen molar-refractivity contribution in [3.8, 4) is 0 Å². The van der Waals surface area contributed by atoms with Gasteiger partial charge in [0, 0.05) is 45.3 Å². The Morgan fingerprint density at radius 2 is 1.33 bits per heavy atom. The number of rotatable bonds is 12. The monoisotopic (exact) mass is 487 g/mol. The first kappa shape index (κ1) is 26.0. The van der Waals surface area contributed by atoms with E-state index < -0.39 is 12.1 Å². The molecule has 3 aromatic rings. The van der Waals surface area contributed by atoms with Gasteiger partial charge in [0.2, 0.25) is 0 Å². The quantitative estimate of drug-likeness (QED) is 0.411. The molecule has 2 N–H and O–H groups in total. The third-order valence-electron chi connectivity index (χ3n) is 6.68. The summed E-state index contributed by atoms with van der Waals surface area (Å²) in [5.41, 5.74) is 3.38. The fourth-order valence-corrected chi connectivity index (χ4v) is 4.66. The number of hydrogen-bond donors (Lipinski definition) is 2. The molecule has 190 valence electrons. The van der Waals surface area contributed by atoms with Gasteiger partial charge in [-0.05, 0) is 23.1 Å². The number of carbonyl (C=O) groups is 1. The predicted molar refractivity (Wildman–Crippen MR) is 142 cm³/mol. The molecular formula is C30H37N3O3. The van der Waals surface area contributed by atoms with Crippen LogP contribution in [0.25, 0.3) is 0 Å². The summed E-state index contributed by atoms with van der Waals surface area (Å²) < 4.78 is 5.40. The second kappa shape index (κ2) is 13.9. The number of ether oxygens (including phenoxy) is 1. The first-order valence-corrected chi connectivity index (χ1v) is 12.8. The van der Waals surface area contributed by atoms with Crippen LogP contribution >= 0.6 is 0 Å². The number of aliphatic hydroxyl groups excluding tert-OH is 1. The fraction of sp³-hybridized carbons (Fsp3) is 0.367.